The van der Waals surface area contributed by atoms with E-state index >= 15 is 0 Å². The van der Waals surface area contributed by atoms with Crippen LogP contribution in [0.5, 0.6) is 0 Å². The van der Waals surface area contributed by atoms with Gasteiger partial charge in [-0.15, -0.1) is 0 Å². The molecule has 0 saturated carbocycles. The zero-order valence-corrected chi connectivity index (χ0v) is 15.3. The van der Waals surface area contributed by atoms with Crippen LogP contribution in [0.3, 0.4) is 0 Å². The van der Waals surface area contributed by atoms with E-state index in [1.807, 2.05) is 30.3 Å². The Bertz CT molecular complexity index is 769. The molecule has 0 aliphatic carbocycles. The molecule has 2 aromatic carbocycles. The van der Waals surface area contributed by atoms with E-state index in [4.69, 9.17) is 0 Å². The molecule has 1 aliphatic heterocycles. The Balaban J connectivity index is 1.57. The maximum absolute atomic E-state index is 12.8. The number of benzene rings is 2. The van der Waals surface area contributed by atoms with Crippen LogP contribution >= 0.6 is 0 Å². The van der Waals surface area contributed by atoms with Gasteiger partial charge in [-0.25, -0.2) is 8.42 Å². The molecule has 5 heteroatoms. The molecule has 0 unspecified atom stereocenters. The minimum Gasteiger partial charge on any atom is -0.312 e. The molecule has 25 heavy (non-hydrogen) atoms. The van der Waals surface area contributed by atoms with Crippen LogP contribution in [0, 0.1) is 0 Å². The van der Waals surface area contributed by atoms with E-state index in [2.05, 4.69) is 17.4 Å². The van der Waals surface area contributed by atoms with Crippen LogP contribution in [0.15, 0.2) is 59.5 Å². The number of hydrogen-bond acceptors (Lipinski definition) is 3. The van der Waals surface area contributed by atoms with Crippen molar-refractivity contribution in [1.82, 2.24) is 9.62 Å². The first-order chi connectivity index (χ1) is 12.2. The Labute approximate surface area is 150 Å². The number of rotatable bonds is 7. The minimum absolute atomic E-state index is 0.414. The molecule has 2 aromatic rings. The van der Waals surface area contributed by atoms with E-state index in [-0.39, 0.29) is 0 Å². The van der Waals surface area contributed by atoms with E-state index in [9.17, 15) is 8.42 Å². The smallest absolute Gasteiger partial charge is 0.243 e. The van der Waals surface area contributed by atoms with Gasteiger partial charge in [0.25, 0.3) is 0 Å². The van der Waals surface area contributed by atoms with Crippen LogP contribution in [0.2, 0.25) is 0 Å². The Morgan fingerprint density at radius 1 is 0.880 bits per heavy atom. The zero-order valence-electron chi connectivity index (χ0n) is 14.5. The van der Waals surface area contributed by atoms with Gasteiger partial charge in [-0.3, -0.25) is 0 Å². The van der Waals surface area contributed by atoms with Crippen molar-refractivity contribution in [3.63, 3.8) is 0 Å². The predicted molar refractivity (Wildman–Crippen MR) is 101 cm³/mol. The van der Waals surface area contributed by atoms with Crippen LogP contribution in [0.4, 0.5) is 0 Å². The summed E-state index contributed by atoms with van der Waals surface area (Å²) in [6, 6.07) is 17.7. The molecule has 134 valence electrons. The normalized spacial score (nSPS) is 16.0. The lowest BCUT2D eigenvalue weighted by atomic mass is 10.1. The molecule has 0 amide bonds. The lowest BCUT2D eigenvalue weighted by Gasteiger charge is -2.26. The van der Waals surface area contributed by atoms with Gasteiger partial charge in [-0.05, 0) is 49.1 Å². The molecular formula is C20H26N2O2S. The second-order valence-electron chi connectivity index (χ2n) is 6.52. The molecule has 1 heterocycles. The van der Waals surface area contributed by atoms with Crippen molar-refractivity contribution >= 4 is 10.0 Å². The molecule has 1 saturated heterocycles. The van der Waals surface area contributed by atoms with Gasteiger partial charge in [0.1, 0.15) is 0 Å². The summed E-state index contributed by atoms with van der Waals surface area (Å²) in [5, 5.41) is 3.40. The van der Waals surface area contributed by atoms with Crippen molar-refractivity contribution in [3.05, 3.63) is 65.7 Å². The number of hydrogen-bond donors (Lipinski definition) is 1. The number of nitrogens with zero attached hydrogens (tertiary/aromatic N) is 1. The van der Waals surface area contributed by atoms with E-state index < -0.39 is 10.0 Å². The first kappa shape index (κ1) is 18.1. The van der Waals surface area contributed by atoms with Crippen molar-refractivity contribution in [2.24, 2.45) is 0 Å². The second-order valence-corrected chi connectivity index (χ2v) is 8.46. The minimum atomic E-state index is -3.35. The quantitative estimate of drug-likeness (QED) is 0.773. The molecule has 4 nitrogen and oxygen atoms in total. The van der Waals surface area contributed by atoms with E-state index in [1.54, 1.807) is 16.4 Å². The lowest BCUT2D eigenvalue weighted by molar-refractivity contribution is 0.346. The van der Waals surface area contributed by atoms with Gasteiger partial charge in [0.2, 0.25) is 10.0 Å². The van der Waals surface area contributed by atoms with E-state index in [1.165, 1.54) is 5.56 Å². The third kappa shape index (κ3) is 4.91. The average Bonchev–Trinajstić information content (AvgIpc) is 2.67. The fourth-order valence-electron chi connectivity index (χ4n) is 3.18. The fourth-order valence-corrected chi connectivity index (χ4v) is 4.77. The molecule has 1 N–H and O–H groups in total. The van der Waals surface area contributed by atoms with Gasteiger partial charge in [-0.2, -0.15) is 4.31 Å². The molecule has 0 aromatic heterocycles. The van der Waals surface area contributed by atoms with Crippen molar-refractivity contribution in [1.29, 1.82) is 0 Å². The molecule has 0 atom stereocenters. The summed E-state index contributed by atoms with van der Waals surface area (Å²) in [6.07, 6.45) is 4.00. The summed E-state index contributed by atoms with van der Waals surface area (Å²) in [6.45, 7) is 2.83. The molecule has 3 rings (SSSR count). The van der Waals surface area contributed by atoms with Crippen LogP contribution in [0.1, 0.15) is 30.4 Å². The highest BCUT2D eigenvalue weighted by Gasteiger charge is 2.25. The molecule has 0 radical (unpaired) electrons. The van der Waals surface area contributed by atoms with Gasteiger partial charge >= 0.3 is 0 Å². The molecule has 0 bridgehead atoms. The second kappa shape index (κ2) is 8.61. The van der Waals surface area contributed by atoms with Gasteiger partial charge < -0.3 is 5.32 Å². The van der Waals surface area contributed by atoms with Crippen LogP contribution in [-0.2, 0) is 23.0 Å². The first-order valence-electron chi connectivity index (χ1n) is 9.00. The monoisotopic (exact) mass is 358 g/mol. The zero-order chi connectivity index (χ0) is 17.5. The largest absolute Gasteiger partial charge is 0.312 e. The lowest BCUT2D eigenvalue weighted by Crippen LogP contribution is -2.35. The maximum atomic E-state index is 12.8. The van der Waals surface area contributed by atoms with Crippen LogP contribution in [0.25, 0.3) is 0 Å². The maximum Gasteiger partial charge on any atom is 0.243 e. The summed E-state index contributed by atoms with van der Waals surface area (Å²) in [7, 11) is -3.35. The number of sulfonamides is 1. The summed E-state index contributed by atoms with van der Waals surface area (Å²) in [4.78, 5) is 0.414. The van der Waals surface area contributed by atoms with Crippen LogP contribution in [-0.4, -0.2) is 32.4 Å². The fraction of sp³-hybridized carbons (Fsp3) is 0.400. The highest BCUT2D eigenvalue weighted by atomic mass is 32.2. The van der Waals surface area contributed by atoms with Gasteiger partial charge in [0, 0.05) is 19.6 Å². The first-order valence-corrected chi connectivity index (χ1v) is 10.4. The van der Waals surface area contributed by atoms with Gasteiger partial charge in [0.15, 0.2) is 0 Å². The SMILES string of the molecule is O=S(=O)(c1cccc(CNCCc2ccccc2)c1)N1CCCCC1. The Hall–Kier alpha value is -1.69. The van der Waals surface area contributed by atoms with Crippen molar-refractivity contribution in [2.45, 2.75) is 37.1 Å². The van der Waals surface area contributed by atoms with E-state index in [0.29, 0.717) is 24.5 Å². The third-order valence-electron chi connectivity index (χ3n) is 4.61. The third-order valence-corrected chi connectivity index (χ3v) is 6.51. The molecule has 0 spiro atoms. The van der Waals surface area contributed by atoms with Crippen molar-refractivity contribution in [2.75, 3.05) is 19.6 Å². The highest BCUT2D eigenvalue weighted by molar-refractivity contribution is 7.89. The number of piperidine rings is 1. The van der Waals surface area contributed by atoms with Crippen molar-refractivity contribution in [3.8, 4) is 0 Å². The van der Waals surface area contributed by atoms with Gasteiger partial charge in [0.05, 0.1) is 4.90 Å². The summed E-state index contributed by atoms with van der Waals surface area (Å²) >= 11 is 0. The summed E-state index contributed by atoms with van der Waals surface area (Å²) in [5.41, 5.74) is 2.31. The van der Waals surface area contributed by atoms with Crippen LogP contribution < -0.4 is 5.32 Å². The summed E-state index contributed by atoms with van der Waals surface area (Å²) < 4.78 is 27.1. The van der Waals surface area contributed by atoms with E-state index in [0.717, 1.165) is 37.8 Å². The highest BCUT2D eigenvalue weighted by Crippen LogP contribution is 2.21. The predicted octanol–water partition coefficient (Wildman–Crippen LogP) is 3.19. The van der Waals surface area contributed by atoms with Crippen molar-refractivity contribution < 1.29 is 8.42 Å². The topological polar surface area (TPSA) is 49.4 Å². The molecule has 1 fully saturated rings. The Kier molecular flexibility index (Phi) is 6.24. The standard InChI is InChI=1S/C20H26N2O2S/c23-25(24,22-14-5-2-6-15-22)20-11-7-10-19(16-20)17-21-13-12-18-8-3-1-4-9-18/h1,3-4,7-11,16,21H,2,5-6,12-15,17H2. The summed E-state index contributed by atoms with van der Waals surface area (Å²) in [5.74, 6) is 0. The number of nitrogens with one attached hydrogen (secondary N) is 1. The Morgan fingerprint density at radius 2 is 1.60 bits per heavy atom. The molecular weight excluding hydrogens is 332 g/mol. The average molecular weight is 359 g/mol. The molecule has 1 aliphatic rings. The Morgan fingerprint density at radius 3 is 2.36 bits per heavy atom. The van der Waals surface area contributed by atoms with Gasteiger partial charge in [-0.1, -0.05) is 48.9 Å².